The number of fused-ring (bicyclic) bond motifs is 1. The van der Waals surface area contributed by atoms with Gasteiger partial charge in [0, 0.05) is 22.7 Å². The van der Waals surface area contributed by atoms with Crippen LogP contribution in [-0.2, 0) is 0 Å². The highest BCUT2D eigenvalue weighted by atomic mass is 16.5. The molecule has 1 amide bonds. The van der Waals surface area contributed by atoms with E-state index in [-0.39, 0.29) is 19.1 Å². The molecule has 1 saturated carbocycles. The first-order valence-corrected chi connectivity index (χ1v) is 8.79. The van der Waals surface area contributed by atoms with Crippen LogP contribution in [0.25, 0.3) is 10.9 Å². The molecule has 1 aliphatic rings. The molecule has 2 N–H and O–H groups in total. The van der Waals surface area contributed by atoms with Gasteiger partial charge in [-0.25, -0.2) is 0 Å². The lowest BCUT2D eigenvalue weighted by Gasteiger charge is -2.11. The van der Waals surface area contributed by atoms with Crippen molar-refractivity contribution in [3.8, 4) is 5.75 Å². The van der Waals surface area contributed by atoms with Crippen LogP contribution in [0.2, 0.25) is 0 Å². The summed E-state index contributed by atoms with van der Waals surface area (Å²) in [4.78, 5) is 17.6. The minimum Gasteiger partial charge on any atom is -0.491 e. The number of carbonyl (C=O) groups is 1. The highest BCUT2D eigenvalue weighted by molar-refractivity contribution is 6.12. The molecule has 132 valence electrons. The molecule has 1 aliphatic carbocycles. The zero-order chi connectivity index (χ0) is 17.9. The van der Waals surface area contributed by atoms with Crippen molar-refractivity contribution < 1.29 is 14.6 Å². The van der Waals surface area contributed by atoms with Gasteiger partial charge in [0.05, 0.1) is 17.7 Å². The summed E-state index contributed by atoms with van der Waals surface area (Å²) < 4.78 is 5.34. The highest BCUT2D eigenvalue weighted by Gasteiger charge is 2.26. The second-order valence-electron chi connectivity index (χ2n) is 6.44. The molecule has 3 aromatic rings. The largest absolute Gasteiger partial charge is 0.491 e. The molecule has 0 unspecified atom stereocenters. The number of ether oxygens (including phenoxy) is 1. The third kappa shape index (κ3) is 3.53. The maximum absolute atomic E-state index is 12.9. The Labute approximate surface area is 151 Å². The fraction of sp³-hybridized carbons (Fsp3) is 0.238. The van der Waals surface area contributed by atoms with Crippen molar-refractivity contribution in [1.82, 2.24) is 4.98 Å². The monoisotopic (exact) mass is 348 g/mol. The number of rotatable bonds is 6. The van der Waals surface area contributed by atoms with Gasteiger partial charge >= 0.3 is 0 Å². The number of aliphatic hydroxyl groups is 1. The van der Waals surface area contributed by atoms with Crippen LogP contribution in [-0.4, -0.2) is 29.2 Å². The van der Waals surface area contributed by atoms with E-state index in [0.717, 1.165) is 29.4 Å². The van der Waals surface area contributed by atoms with E-state index < -0.39 is 0 Å². The van der Waals surface area contributed by atoms with E-state index >= 15 is 0 Å². The van der Waals surface area contributed by atoms with E-state index in [2.05, 4.69) is 5.32 Å². The fourth-order valence-corrected chi connectivity index (χ4v) is 2.97. The smallest absolute Gasteiger partial charge is 0.256 e. The molecular weight excluding hydrogens is 328 g/mol. The molecule has 5 nitrogen and oxygen atoms in total. The van der Waals surface area contributed by atoms with Crippen LogP contribution in [0, 0.1) is 0 Å². The summed E-state index contributed by atoms with van der Waals surface area (Å²) in [5, 5.41) is 12.6. The summed E-state index contributed by atoms with van der Waals surface area (Å²) in [6, 6.07) is 16.8. The molecule has 26 heavy (non-hydrogen) atoms. The van der Waals surface area contributed by atoms with Gasteiger partial charge in [0.15, 0.2) is 0 Å². The molecule has 1 fully saturated rings. The van der Waals surface area contributed by atoms with Gasteiger partial charge in [-0.2, -0.15) is 0 Å². The van der Waals surface area contributed by atoms with Gasteiger partial charge in [-0.05, 0) is 49.2 Å². The lowest BCUT2D eigenvalue weighted by molar-refractivity contribution is 0.102. The zero-order valence-electron chi connectivity index (χ0n) is 14.3. The molecule has 2 aromatic carbocycles. The molecule has 0 spiro atoms. The molecule has 5 heteroatoms. The SMILES string of the molecule is O=C(Nc1ccc(OCCO)cc1)c1cc(C2CC2)nc2ccccc12. The number of hydrogen-bond donors (Lipinski definition) is 2. The van der Waals surface area contributed by atoms with Crippen molar-refractivity contribution in [1.29, 1.82) is 0 Å². The van der Waals surface area contributed by atoms with Crippen molar-refractivity contribution in [3.05, 3.63) is 65.9 Å². The van der Waals surface area contributed by atoms with Crippen molar-refractivity contribution in [2.24, 2.45) is 0 Å². The number of carbonyl (C=O) groups excluding carboxylic acids is 1. The van der Waals surface area contributed by atoms with Gasteiger partial charge in [-0.15, -0.1) is 0 Å². The lowest BCUT2D eigenvalue weighted by Crippen LogP contribution is -2.13. The van der Waals surface area contributed by atoms with Crippen molar-refractivity contribution >= 4 is 22.5 Å². The van der Waals surface area contributed by atoms with Crippen LogP contribution >= 0.6 is 0 Å². The molecule has 0 aliphatic heterocycles. The number of para-hydroxylation sites is 1. The Hall–Kier alpha value is -2.92. The Morgan fingerprint density at radius 1 is 1.15 bits per heavy atom. The minimum atomic E-state index is -0.144. The van der Waals surface area contributed by atoms with Gasteiger partial charge in [-0.3, -0.25) is 9.78 Å². The quantitative estimate of drug-likeness (QED) is 0.712. The van der Waals surface area contributed by atoms with Crippen LogP contribution in [0.4, 0.5) is 5.69 Å². The predicted molar refractivity (Wildman–Crippen MR) is 101 cm³/mol. The topological polar surface area (TPSA) is 71.5 Å². The van der Waals surface area contributed by atoms with Crippen LogP contribution in [0.1, 0.15) is 34.8 Å². The second-order valence-corrected chi connectivity index (χ2v) is 6.44. The summed E-state index contributed by atoms with van der Waals surface area (Å²) in [6.45, 7) is 0.218. The third-order valence-corrected chi connectivity index (χ3v) is 4.45. The fourth-order valence-electron chi connectivity index (χ4n) is 2.97. The normalized spacial score (nSPS) is 13.6. The number of amides is 1. The summed E-state index contributed by atoms with van der Waals surface area (Å²) in [5.74, 6) is 0.992. The average molecular weight is 348 g/mol. The number of anilines is 1. The van der Waals surface area contributed by atoms with E-state index in [1.165, 1.54) is 0 Å². The van der Waals surface area contributed by atoms with Gasteiger partial charge in [0.1, 0.15) is 12.4 Å². The van der Waals surface area contributed by atoms with Crippen LogP contribution < -0.4 is 10.1 Å². The molecule has 1 heterocycles. The third-order valence-electron chi connectivity index (χ3n) is 4.45. The number of aliphatic hydroxyl groups excluding tert-OH is 1. The molecule has 0 atom stereocenters. The van der Waals surface area contributed by atoms with Crippen molar-refractivity contribution in [2.45, 2.75) is 18.8 Å². The van der Waals surface area contributed by atoms with E-state index in [9.17, 15) is 4.79 Å². The average Bonchev–Trinajstić information content (AvgIpc) is 3.52. The Morgan fingerprint density at radius 3 is 2.65 bits per heavy atom. The lowest BCUT2D eigenvalue weighted by atomic mass is 10.1. The number of benzene rings is 2. The first kappa shape index (κ1) is 16.5. The predicted octanol–water partition coefficient (Wildman–Crippen LogP) is 3.74. The summed E-state index contributed by atoms with van der Waals surface area (Å²) in [5.41, 5.74) is 3.20. The van der Waals surface area contributed by atoms with Crippen LogP contribution in [0.5, 0.6) is 5.75 Å². The van der Waals surface area contributed by atoms with Crippen molar-refractivity contribution in [2.75, 3.05) is 18.5 Å². The molecular formula is C21H20N2O3. The van der Waals surface area contributed by atoms with Crippen molar-refractivity contribution in [3.63, 3.8) is 0 Å². The first-order valence-electron chi connectivity index (χ1n) is 8.79. The van der Waals surface area contributed by atoms with Gasteiger partial charge in [0.2, 0.25) is 0 Å². The summed E-state index contributed by atoms with van der Waals surface area (Å²) >= 11 is 0. The zero-order valence-corrected chi connectivity index (χ0v) is 14.3. The van der Waals surface area contributed by atoms with Gasteiger partial charge in [0.25, 0.3) is 5.91 Å². The first-order chi connectivity index (χ1) is 12.7. The summed E-state index contributed by atoms with van der Waals surface area (Å²) in [7, 11) is 0. The Kier molecular flexibility index (Phi) is 4.54. The van der Waals surface area contributed by atoms with Gasteiger partial charge < -0.3 is 15.2 Å². The maximum Gasteiger partial charge on any atom is 0.256 e. The Bertz CT molecular complexity index is 934. The second kappa shape index (κ2) is 7.14. The highest BCUT2D eigenvalue weighted by Crippen LogP contribution is 2.40. The van der Waals surface area contributed by atoms with Crippen LogP contribution in [0.15, 0.2) is 54.6 Å². The Balaban J connectivity index is 1.59. The standard InChI is InChI=1S/C21H20N2O3/c24-11-12-26-16-9-7-15(8-10-16)22-21(25)18-13-20(14-5-6-14)23-19-4-2-1-3-17(18)19/h1-4,7-10,13-14,24H,5-6,11-12H2,(H,22,25). The van der Waals surface area contributed by atoms with E-state index in [1.807, 2.05) is 30.3 Å². The van der Waals surface area contributed by atoms with E-state index in [1.54, 1.807) is 24.3 Å². The maximum atomic E-state index is 12.9. The van der Waals surface area contributed by atoms with E-state index in [4.69, 9.17) is 14.8 Å². The number of pyridine rings is 1. The summed E-state index contributed by atoms with van der Waals surface area (Å²) in [6.07, 6.45) is 2.28. The molecule has 0 saturated heterocycles. The molecule has 0 radical (unpaired) electrons. The number of nitrogens with one attached hydrogen (secondary N) is 1. The molecule has 4 rings (SSSR count). The number of hydrogen-bond acceptors (Lipinski definition) is 4. The van der Waals surface area contributed by atoms with Crippen LogP contribution in [0.3, 0.4) is 0 Å². The molecule has 0 bridgehead atoms. The van der Waals surface area contributed by atoms with Gasteiger partial charge in [-0.1, -0.05) is 18.2 Å². The Morgan fingerprint density at radius 2 is 1.92 bits per heavy atom. The molecule has 1 aromatic heterocycles. The number of aromatic nitrogens is 1. The number of nitrogens with zero attached hydrogens (tertiary/aromatic N) is 1. The minimum absolute atomic E-state index is 0.0308. The van der Waals surface area contributed by atoms with E-state index in [0.29, 0.717) is 22.9 Å².